The highest BCUT2D eigenvalue weighted by Crippen LogP contribution is 2.26. The normalized spacial score (nSPS) is 22.1. The number of furan rings is 1. The molecule has 1 atom stereocenters. The van der Waals surface area contributed by atoms with Crippen LogP contribution in [-0.2, 0) is 14.8 Å². The van der Waals surface area contributed by atoms with Crippen LogP contribution in [0.4, 0.5) is 0 Å². The maximum atomic E-state index is 12.6. The maximum absolute atomic E-state index is 12.6. The fourth-order valence-corrected chi connectivity index (χ4v) is 4.88. The topological polar surface area (TPSA) is 88.8 Å². The lowest BCUT2D eigenvalue weighted by molar-refractivity contribution is 0.0883. The molecule has 0 bridgehead atoms. The Morgan fingerprint density at radius 1 is 1.33 bits per heavy atom. The highest BCUT2D eigenvalue weighted by molar-refractivity contribution is 7.89. The van der Waals surface area contributed by atoms with E-state index in [0.29, 0.717) is 19.6 Å². The maximum Gasteiger partial charge on any atom is 0.287 e. The molecular weight excluding hydrogens is 332 g/mol. The van der Waals surface area contributed by atoms with Gasteiger partial charge >= 0.3 is 0 Å². The monoisotopic (exact) mass is 356 g/mol. The Morgan fingerprint density at radius 3 is 2.75 bits per heavy atom. The molecule has 24 heavy (non-hydrogen) atoms. The van der Waals surface area contributed by atoms with Crippen LogP contribution in [-0.4, -0.2) is 51.0 Å². The predicted octanol–water partition coefficient (Wildman–Crippen LogP) is 1.67. The number of hydrogen-bond donors (Lipinski definition) is 1. The highest BCUT2D eigenvalue weighted by atomic mass is 32.2. The fourth-order valence-electron chi connectivity index (χ4n) is 3.21. The summed E-state index contributed by atoms with van der Waals surface area (Å²) in [6.07, 6.45) is 4.78. The Morgan fingerprint density at radius 2 is 2.08 bits per heavy atom. The van der Waals surface area contributed by atoms with Crippen molar-refractivity contribution in [2.75, 3.05) is 26.2 Å². The van der Waals surface area contributed by atoms with E-state index in [9.17, 15) is 13.2 Å². The van der Waals surface area contributed by atoms with E-state index in [0.717, 1.165) is 38.7 Å². The molecule has 8 heteroatoms. The first-order valence-electron chi connectivity index (χ1n) is 8.49. The van der Waals surface area contributed by atoms with Crippen molar-refractivity contribution in [1.82, 2.24) is 9.62 Å². The van der Waals surface area contributed by atoms with E-state index in [1.165, 1.54) is 10.4 Å². The van der Waals surface area contributed by atoms with E-state index >= 15 is 0 Å². The molecule has 0 unspecified atom stereocenters. The van der Waals surface area contributed by atoms with Crippen LogP contribution >= 0.6 is 0 Å². The van der Waals surface area contributed by atoms with Gasteiger partial charge < -0.3 is 14.5 Å². The van der Waals surface area contributed by atoms with Crippen molar-refractivity contribution >= 4 is 15.9 Å². The molecule has 0 saturated carbocycles. The minimum absolute atomic E-state index is 0.0395. The van der Waals surface area contributed by atoms with Crippen molar-refractivity contribution in [3.63, 3.8) is 0 Å². The number of aryl methyl sites for hydroxylation is 1. The van der Waals surface area contributed by atoms with Crippen molar-refractivity contribution in [3.05, 3.63) is 17.6 Å². The molecule has 1 aromatic rings. The summed E-state index contributed by atoms with van der Waals surface area (Å²) in [6.45, 7) is 3.89. The summed E-state index contributed by atoms with van der Waals surface area (Å²) >= 11 is 0. The van der Waals surface area contributed by atoms with Crippen LogP contribution in [0.5, 0.6) is 0 Å². The van der Waals surface area contributed by atoms with Crippen molar-refractivity contribution in [3.8, 4) is 0 Å². The van der Waals surface area contributed by atoms with E-state index in [2.05, 4.69) is 5.32 Å². The van der Waals surface area contributed by atoms with Crippen LogP contribution in [0.25, 0.3) is 0 Å². The second kappa shape index (κ2) is 7.25. The Labute approximate surface area is 142 Å². The molecule has 3 heterocycles. The van der Waals surface area contributed by atoms with Gasteiger partial charge in [-0.1, -0.05) is 0 Å². The van der Waals surface area contributed by atoms with Gasteiger partial charge in [0, 0.05) is 32.3 Å². The van der Waals surface area contributed by atoms with Gasteiger partial charge in [0.2, 0.25) is 10.0 Å². The number of rotatable bonds is 6. The number of carbonyl (C=O) groups is 1. The Balaban J connectivity index is 1.63. The number of hydrogen-bond acceptors (Lipinski definition) is 5. The molecule has 0 aliphatic carbocycles. The van der Waals surface area contributed by atoms with Gasteiger partial charge in [0.15, 0.2) is 5.76 Å². The number of carbonyl (C=O) groups excluding carboxylic acids is 1. The summed E-state index contributed by atoms with van der Waals surface area (Å²) in [4.78, 5) is 12.3. The minimum atomic E-state index is -3.58. The first-order chi connectivity index (χ1) is 11.5. The number of nitrogens with zero attached hydrogens (tertiary/aromatic N) is 1. The van der Waals surface area contributed by atoms with Crippen molar-refractivity contribution < 1.29 is 22.4 Å². The first kappa shape index (κ1) is 17.4. The smallest absolute Gasteiger partial charge is 0.287 e. The molecule has 2 aliphatic rings. The molecule has 2 fully saturated rings. The fraction of sp³-hybridized carbons (Fsp3) is 0.688. The molecule has 1 aromatic heterocycles. The Bertz CT molecular complexity index is 685. The molecule has 2 aliphatic heterocycles. The van der Waals surface area contributed by atoms with Gasteiger partial charge in [0.05, 0.1) is 6.10 Å². The number of nitrogens with one attached hydrogen (secondary N) is 1. The molecule has 2 saturated heterocycles. The lowest BCUT2D eigenvalue weighted by Gasteiger charge is -2.14. The molecule has 0 spiro atoms. The third-order valence-electron chi connectivity index (χ3n) is 4.55. The zero-order valence-electron chi connectivity index (χ0n) is 13.9. The predicted molar refractivity (Wildman–Crippen MR) is 87.4 cm³/mol. The summed E-state index contributed by atoms with van der Waals surface area (Å²) < 4.78 is 37.5. The molecule has 134 valence electrons. The van der Waals surface area contributed by atoms with E-state index in [1.54, 1.807) is 6.92 Å². The SMILES string of the molecule is Cc1oc(C(=O)NCC[C@H]2CCCO2)cc1S(=O)(=O)N1CCCC1. The number of amides is 1. The van der Waals surface area contributed by atoms with E-state index in [4.69, 9.17) is 9.15 Å². The summed E-state index contributed by atoms with van der Waals surface area (Å²) in [7, 11) is -3.58. The summed E-state index contributed by atoms with van der Waals surface area (Å²) in [5.41, 5.74) is 0. The zero-order valence-corrected chi connectivity index (χ0v) is 14.7. The van der Waals surface area contributed by atoms with Crippen LogP contribution in [0.1, 0.15) is 48.4 Å². The van der Waals surface area contributed by atoms with Crippen LogP contribution in [0.15, 0.2) is 15.4 Å². The average Bonchev–Trinajstić information content (AvgIpc) is 3.28. The molecule has 1 N–H and O–H groups in total. The van der Waals surface area contributed by atoms with Crippen molar-refractivity contribution in [1.29, 1.82) is 0 Å². The van der Waals surface area contributed by atoms with Crippen LogP contribution in [0, 0.1) is 6.92 Å². The van der Waals surface area contributed by atoms with Crippen LogP contribution < -0.4 is 5.32 Å². The second-order valence-corrected chi connectivity index (χ2v) is 8.23. The largest absolute Gasteiger partial charge is 0.455 e. The summed E-state index contributed by atoms with van der Waals surface area (Å²) in [6, 6.07) is 1.34. The Kier molecular flexibility index (Phi) is 5.27. The van der Waals surface area contributed by atoms with Crippen LogP contribution in [0.2, 0.25) is 0 Å². The quantitative estimate of drug-likeness (QED) is 0.837. The Hall–Kier alpha value is -1.38. The standard InChI is InChI=1S/C16H24N2O5S/c1-12-15(24(20,21)18-8-2-3-9-18)11-14(23-12)16(19)17-7-6-13-5-4-10-22-13/h11,13H,2-10H2,1H3,(H,17,19)/t13-/m1/s1. The lowest BCUT2D eigenvalue weighted by Crippen LogP contribution is -2.28. The zero-order chi connectivity index (χ0) is 17.2. The minimum Gasteiger partial charge on any atom is -0.455 e. The molecule has 1 amide bonds. The molecule has 0 radical (unpaired) electrons. The molecule has 7 nitrogen and oxygen atoms in total. The second-order valence-electron chi connectivity index (χ2n) is 6.32. The first-order valence-corrected chi connectivity index (χ1v) is 9.93. The van der Waals surface area contributed by atoms with Gasteiger partial charge in [-0.25, -0.2) is 8.42 Å². The lowest BCUT2D eigenvalue weighted by atomic mass is 10.2. The van der Waals surface area contributed by atoms with Gasteiger partial charge in [-0.2, -0.15) is 4.31 Å². The van der Waals surface area contributed by atoms with Crippen molar-refractivity contribution in [2.45, 2.75) is 50.0 Å². The number of sulfonamides is 1. The van der Waals surface area contributed by atoms with E-state index < -0.39 is 10.0 Å². The van der Waals surface area contributed by atoms with Gasteiger partial charge in [0.25, 0.3) is 5.91 Å². The van der Waals surface area contributed by atoms with Gasteiger partial charge in [0.1, 0.15) is 10.7 Å². The number of ether oxygens (including phenoxy) is 1. The van der Waals surface area contributed by atoms with Gasteiger partial charge in [-0.15, -0.1) is 0 Å². The van der Waals surface area contributed by atoms with E-state index in [1.807, 2.05) is 0 Å². The molecule has 3 rings (SSSR count). The summed E-state index contributed by atoms with van der Waals surface area (Å²) in [5, 5.41) is 2.77. The third kappa shape index (κ3) is 3.65. The van der Waals surface area contributed by atoms with Gasteiger partial charge in [-0.3, -0.25) is 4.79 Å². The highest BCUT2D eigenvalue weighted by Gasteiger charge is 2.31. The molecule has 0 aromatic carbocycles. The van der Waals surface area contributed by atoms with Gasteiger partial charge in [-0.05, 0) is 39.0 Å². The third-order valence-corrected chi connectivity index (χ3v) is 6.56. The average molecular weight is 356 g/mol. The summed E-state index contributed by atoms with van der Waals surface area (Å²) in [5.74, 6) is -0.0947. The van der Waals surface area contributed by atoms with Crippen molar-refractivity contribution in [2.24, 2.45) is 0 Å². The van der Waals surface area contributed by atoms with Crippen LogP contribution in [0.3, 0.4) is 0 Å². The molecular formula is C16H24N2O5S. The van der Waals surface area contributed by atoms with E-state index in [-0.39, 0.29) is 28.4 Å².